The van der Waals surface area contributed by atoms with Crippen molar-refractivity contribution < 1.29 is 14.7 Å². The number of nitrogens with zero attached hydrogens (tertiary/aromatic N) is 3. The quantitative estimate of drug-likeness (QED) is 0.854. The Morgan fingerprint density at radius 1 is 1.30 bits per heavy atom. The molecule has 1 unspecified atom stereocenters. The average molecular weight is 386 g/mol. The van der Waals surface area contributed by atoms with Crippen LogP contribution in [0, 0.1) is 5.92 Å². The van der Waals surface area contributed by atoms with Gasteiger partial charge in [0.05, 0.1) is 11.4 Å². The third-order valence-corrected chi connectivity index (χ3v) is 4.96. The lowest BCUT2D eigenvalue weighted by atomic mass is 9.98. The molecular weight excluding hydrogens is 366 g/mol. The monoisotopic (exact) mass is 385 g/mol. The number of carbonyl (C=O) groups excluding carboxylic acids is 1. The van der Waals surface area contributed by atoms with Crippen LogP contribution in [0.2, 0.25) is 5.02 Å². The number of pyridine rings is 1. The molecule has 2 atom stereocenters. The SMILES string of the molecule is CCC(C)[C@@H]1N=C(c2ccncc2)c2cc(Cl)ccc2N(CC(=O)O)C1=O. The topological polar surface area (TPSA) is 82.9 Å². The largest absolute Gasteiger partial charge is 0.480 e. The number of benzene rings is 1. The molecule has 0 aliphatic carbocycles. The van der Waals surface area contributed by atoms with E-state index in [0.717, 1.165) is 12.0 Å². The molecule has 0 radical (unpaired) electrons. The van der Waals surface area contributed by atoms with Gasteiger partial charge in [0.15, 0.2) is 0 Å². The Labute approximate surface area is 162 Å². The predicted molar refractivity (Wildman–Crippen MR) is 105 cm³/mol. The minimum absolute atomic E-state index is 0.0459. The van der Waals surface area contributed by atoms with Crippen molar-refractivity contribution in [2.24, 2.45) is 10.9 Å². The van der Waals surface area contributed by atoms with Crippen LogP contribution in [-0.2, 0) is 9.59 Å². The number of fused-ring (bicyclic) bond motifs is 1. The minimum atomic E-state index is -1.08. The van der Waals surface area contributed by atoms with Crippen molar-refractivity contribution in [1.82, 2.24) is 4.98 Å². The molecule has 0 spiro atoms. The Kier molecular flexibility index (Phi) is 5.56. The number of amides is 1. The van der Waals surface area contributed by atoms with Gasteiger partial charge in [-0.3, -0.25) is 24.5 Å². The summed E-state index contributed by atoms with van der Waals surface area (Å²) in [5.74, 6) is -1.45. The summed E-state index contributed by atoms with van der Waals surface area (Å²) in [5.41, 5.74) is 2.54. The second-order valence-corrected chi connectivity index (χ2v) is 6.96. The molecule has 7 heteroatoms. The normalized spacial score (nSPS) is 17.7. The number of aliphatic imine (C=N–C) groups is 1. The molecule has 2 heterocycles. The van der Waals surface area contributed by atoms with Crippen LogP contribution in [-0.4, -0.2) is 40.3 Å². The first kappa shape index (κ1) is 19.0. The van der Waals surface area contributed by atoms with E-state index in [1.165, 1.54) is 4.90 Å². The number of benzodiazepines with no additional fused rings is 1. The Morgan fingerprint density at radius 3 is 2.63 bits per heavy atom. The van der Waals surface area contributed by atoms with E-state index in [2.05, 4.69) is 4.98 Å². The molecular formula is C20H20ClN3O3. The summed E-state index contributed by atoms with van der Waals surface area (Å²) in [6.07, 6.45) is 4.05. The fraction of sp³-hybridized carbons (Fsp3) is 0.300. The molecule has 0 fully saturated rings. The van der Waals surface area contributed by atoms with Gasteiger partial charge in [-0.05, 0) is 36.2 Å². The van der Waals surface area contributed by atoms with Crippen molar-refractivity contribution in [3.63, 3.8) is 0 Å². The van der Waals surface area contributed by atoms with E-state index in [1.54, 1.807) is 30.6 Å². The number of carbonyl (C=O) groups is 2. The zero-order valence-electron chi connectivity index (χ0n) is 15.1. The van der Waals surface area contributed by atoms with E-state index in [4.69, 9.17) is 16.6 Å². The average Bonchev–Trinajstić information content (AvgIpc) is 2.77. The van der Waals surface area contributed by atoms with Crippen LogP contribution >= 0.6 is 11.6 Å². The zero-order valence-corrected chi connectivity index (χ0v) is 15.8. The van der Waals surface area contributed by atoms with E-state index in [9.17, 15) is 14.7 Å². The number of hydrogen-bond acceptors (Lipinski definition) is 4. The first-order chi connectivity index (χ1) is 12.9. The number of hydrogen-bond donors (Lipinski definition) is 1. The summed E-state index contributed by atoms with van der Waals surface area (Å²) in [7, 11) is 0. The van der Waals surface area contributed by atoms with Gasteiger partial charge in [-0.1, -0.05) is 31.9 Å². The molecule has 1 amide bonds. The predicted octanol–water partition coefficient (Wildman–Crippen LogP) is 3.42. The fourth-order valence-electron chi connectivity index (χ4n) is 3.11. The fourth-order valence-corrected chi connectivity index (χ4v) is 3.28. The number of aliphatic carboxylic acids is 1. The third-order valence-electron chi connectivity index (χ3n) is 4.72. The maximum Gasteiger partial charge on any atom is 0.323 e. The highest BCUT2D eigenvalue weighted by Crippen LogP contribution is 2.32. The van der Waals surface area contributed by atoms with Gasteiger partial charge in [0.25, 0.3) is 5.91 Å². The van der Waals surface area contributed by atoms with Crippen LogP contribution in [0.4, 0.5) is 5.69 Å². The van der Waals surface area contributed by atoms with E-state index in [-0.39, 0.29) is 11.8 Å². The standard InChI is InChI=1S/C20H20ClN3O3/c1-3-12(2)18-20(27)24(11-17(25)26)16-5-4-14(21)10-15(16)19(23-18)13-6-8-22-9-7-13/h4-10,12,18H,3,11H2,1-2H3,(H,25,26)/t12?,18-/m0/s1. The first-order valence-electron chi connectivity index (χ1n) is 8.73. The van der Waals surface area contributed by atoms with E-state index >= 15 is 0 Å². The molecule has 3 rings (SSSR count). The molecule has 1 aliphatic rings. The van der Waals surface area contributed by atoms with Crippen molar-refractivity contribution in [2.75, 3.05) is 11.4 Å². The van der Waals surface area contributed by atoms with Crippen molar-refractivity contribution in [2.45, 2.75) is 26.3 Å². The van der Waals surface area contributed by atoms with Gasteiger partial charge in [-0.2, -0.15) is 0 Å². The molecule has 2 aromatic rings. The maximum absolute atomic E-state index is 13.2. The van der Waals surface area contributed by atoms with Crippen molar-refractivity contribution in [3.8, 4) is 0 Å². The van der Waals surface area contributed by atoms with Gasteiger partial charge in [0, 0.05) is 28.5 Å². The van der Waals surface area contributed by atoms with E-state index in [0.29, 0.717) is 22.0 Å². The molecule has 0 saturated heterocycles. The molecule has 27 heavy (non-hydrogen) atoms. The number of carboxylic acids is 1. The Balaban J connectivity index is 2.27. The van der Waals surface area contributed by atoms with Gasteiger partial charge >= 0.3 is 5.97 Å². The van der Waals surface area contributed by atoms with Crippen LogP contribution in [0.5, 0.6) is 0 Å². The van der Waals surface area contributed by atoms with Gasteiger partial charge in [0.1, 0.15) is 12.6 Å². The third kappa shape index (κ3) is 3.85. The van der Waals surface area contributed by atoms with Crippen LogP contribution in [0.25, 0.3) is 0 Å². The summed E-state index contributed by atoms with van der Waals surface area (Å²) in [6, 6.07) is 7.99. The zero-order chi connectivity index (χ0) is 19.6. The molecule has 1 N–H and O–H groups in total. The van der Waals surface area contributed by atoms with Crippen LogP contribution in [0.3, 0.4) is 0 Å². The van der Waals surface area contributed by atoms with Crippen LogP contribution < -0.4 is 4.90 Å². The number of halogens is 1. The number of anilines is 1. The number of carboxylic acid groups (broad SMARTS) is 1. The second kappa shape index (κ2) is 7.88. The van der Waals surface area contributed by atoms with Gasteiger partial charge in [-0.25, -0.2) is 0 Å². The Morgan fingerprint density at radius 2 is 2.00 bits per heavy atom. The van der Waals surface area contributed by atoms with Gasteiger partial charge in [-0.15, -0.1) is 0 Å². The molecule has 0 saturated carbocycles. The summed E-state index contributed by atoms with van der Waals surface area (Å²) < 4.78 is 0. The van der Waals surface area contributed by atoms with Crippen molar-refractivity contribution in [3.05, 3.63) is 58.9 Å². The highest BCUT2D eigenvalue weighted by molar-refractivity contribution is 6.32. The Hall–Kier alpha value is -2.73. The summed E-state index contributed by atoms with van der Waals surface area (Å²) >= 11 is 6.21. The number of rotatable bonds is 5. The minimum Gasteiger partial charge on any atom is -0.480 e. The summed E-state index contributed by atoms with van der Waals surface area (Å²) in [4.78, 5) is 34.8. The lowest BCUT2D eigenvalue weighted by Gasteiger charge is -2.25. The lowest BCUT2D eigenvalue weighted by Crippen LogP contribution is -2.43. The first-order valence-corrected chi connectivity index (χ1v) is 9.11. The lowest BCUT2D eigenvalue weighted by molar-refractivity contribution is -0.136. The maximum atomic E-state index is 13.2. The molecule has 1 aromatic carbocycles. The second-order valence-electron chi connectivity index (χ2n) is 6.52. The molecule has 1 aromatic heterocycles. The van der Waals surface area contributed by atoms with Gasteiger partial charge in [0.2, 0.25) is 0 Å². The molecule has 0 bridgehead atoms. The van der Waals surface area contributed by atoms with Crippen molar-refractivity contribution in [1.29, 1.82) is 0 Å². The highest BCUT2D eigenvalue weighted by atomic mass is 35.5. The molecule has 140 valence electrons. The molecule has 6 nitrogen and oxygen atoms in total. The summed E-state index contributed by atoms with van der Waals surface area (Å²) in [6.45, 7) is 3.49. The summed E-state index contributed by atoms with van der Waals surface area (Å²) in [5, 5.41) is 9.84. The number of aromatic nitrogens is 1. The van der Waals surface area contributed by atoms with Crippen LogP contribution in [0.1, 0.15) is 31.4 Å². The highest BCUT2D eigenvalue weighted by Gasteiger charge is 2.35. The van der Waals surface area contributed by atoms with Gasteiger partial charge < -0.3 is 5.11 Å². The van der Waals surface area contributed by atoms with E-state index in [1.807, 2.05) is 26.0 Å². The van der Waals surface area contributed by atoms with Crippen molar-refractivity contribution >= 4 is 34.9 Å². The smallest absolute Gasteiger partial charge is 0.323 e. The Bertz CT molecular complexity index is 899. The van der Waals surface area contributed by atoms with Crippen LogP contribution in [0.15, 0.2) is 47.7 Å². The molecule has 1 aliphatic heterocycles. The van der Waals surface area contributed by atoms with E-state index < -0.39 is 18.6 Å².